The summed E-state index contributed by atoms with van der Waals surface area (Å²) in [6.07, 6.45) is 1.41. The van der Waals surface area contributed by atoms with Crippen LogP contribution in [-0.2, 0) is 0 Å². The van der Waals surface area contributed by atoms with Gasteiger partial charge in [-0.05, 0) is 0 Å². The Balaban J connectivity index is 4.72. The minimum Gasteiger partial charge on any atom is -0.192 e. The molecule has 0 rings (SSSR count). The molecular weight excluding hydrogens is 207 g/mol. The normalized spacial score (nSPS) is 13.1. The molecular formula is C15H34Al-. The molecule has 0 atom stereocenters. The van der Waals surface area contributed by atoms with E-state index in [1.165, 1.54) is 6.42 Å². The second kappa shape index (κ2) is 7.78. The van der Waals surface area contributed by atoms with Crippen LogP contribution in [0.15, 0.2) is 0 Å². The molecule has 0 amide bonds. The first-order chi connectivity index (χ1) is 7.31. The van der Waals surface area contributed by atoms with Gasteiger partial charge in [-0.1, -0.05) is 72.6 Å². The first-order valence-corrected chi connectivity index (χ1v) is 10.8. The molecule has 0 spiro atoms. The smallest absolute Gasteiger partial charge is 0.135 e. The van der Waals surface area contributed by atoms with E-state index in [0.717, 1.165) is 17.8 Å². The van der Waals surface area contributed by atoms with E-state index in [9.17, 15) is 0 Å². The Morgan fingerprint density at radius 2 is 1.00 bits per heavy atom. The molecule has 0 aromatic heterocycles. The van der Waals surface area contributed by atoms with Crippen LogP contribution in [0, 0.1) is 17.8 Å². The molecule has 1 heteroatoms. The van der Waals surface area contributed by atoms with Gasteiger partial charge in [-0.2, -0.15) is 21.1 Å². The van der Waals surface area contributed by atoms with Gasteiger partial charge >= 0.3 is 0 Å². The van der Waals surface area contributed by atoms with E-state index in [1.807, 2.05) is 0 Å². The number of hydrogen-bond acceptors (Lipinski definition) is 0. The van der Waals surface area contributed by atoms with Gasteiger partial charge in [0.15, 0.2) is 0 Å². The van der Waals surface area contributed by atoms with E-state index in [1.54, 1.807) is 21.1 Å². The maximum absolute atomic E-state index is 2.42. The van der Waals surface area contributed by atoms with Gasteiger partial charge in [0.25, 0.3) is 0 Å². The Morgan fingerprint density at radius 3 is 1.19 bits per heavy atom. The summed E-state index contributed by atoms with van der Waals surface area (Å²) in [5.74, 6) is 2.73. The van der Waals surface area contributed by atoms with E-state index in [4.69, 9.17) is 0 Å². The summed E-state index contributed by atoms with van der Waals surface area (Å²) in [5, 5.41) is 6.33. The second-order valence-electron chi connectivity index (χ2n) is 7.41. The second-order valence-corrected chi connectivity index (χ2v) is 12.9. The molecule has 0 heterocycles. The van der Waals surface area contributed by atoms with Crippen LogP contribution in [0.3, 0.4) is 0 Å². The van der Waals surface area contributed by atoms with Crippen molar-refractivity contribution in [2.24, 2.45) is 17.8 Å². The summed E-state index contributed by atoms with van der Waals surface area (Å²) < 4.78 is 0. The molecule has 0 aliphatic rings. The third-order valence-electron chi connectivity index (χ3n) is 3.82. The van der Waals surface area contributed by atoms with Crippen LogP contribution in [-0.4, -0.2) is 13.1 Å². The summed E-state index contributed by atoms with van der Waals surface area (Å²) in [7, 11) is 0. The van der Waals surface area contributed by atoms with E-state index in [-0.39, 0.29) is 0 Å². The first-order valence-electron chi connectivity index (χ1n) is 7.53. The molecule has 0 unspecified atom stereocenters. The van der Waals surface area contributed by atoms with Crippen molar-refractivity contribution in [3.8, 4) is 0 Å². The lowest BCUT2D eigenvalue weighted by molar-refractivity contribution is 0.635. The van der Waals surface area contributed by atoms with Gasteiger partial charge in [-0.15, -0.1) is 0 Å². The fourth-order valence-corrected chi connectivity index (χ4v) is 12.8. The Hall–Kier alpha value is 0.532. The van der Waals surface area contributed by atoms with Gasteiger partial charge in [-0.3, -0.25) is 0 Å². The zero-order valence-electron chi connectivity index (χ0n) is 12.8. The van der Waals surface area contributed by atoms with E-state index >= 15 is 0 Å². The minimum atomic E-state index is -1.30. The molecule has 0 saturated carbocycles. The lowest BCUT2D eigenvalue weighted by Crippen LogP contribution is -2.38. The van der Waals surface area contributed by atoms with Crippen molar-refractivity contribution in [2.45, 2.75) is 76.0 Å². The van der Waals surface area contributed by atoms with E-state index in [2.05, 4.69) is 48.5 Å². The zero-order valence-corrected chi connectivity index (χ0v) is 14.0. The highest BCUT2D eigenvalue weighted by Gasteiger charge is 2.30. The monoisotopic (exact) mass is 241 g/mol. The van der Waals surface area contributed by atoms with Crippen molar-refractivity contribution < 1.29 is 0 Å². The van der Waals surface area contributed by atoms with Gasteiger partial charge in [0.05, 0.1) is 0 Å². The summed E-state index contributed by atoms with van der Waals surface area (Å²) in [6.45, 7) is 16.9. The highest BCUT2D eigenvalue weighted by Crippen LogP contribution is 2.36. The third kappa shape index (κ3) is 6.98. The SMILES string of the molecule is CC[CH2][Al-]([CH2]C(C)C)([CH2]C(C)C)[CH2]C(C)C. The van der Waals surface area contributed by atoms with E-state index < -0.39 is 13.1 Å². The van der Waals surface area contributed by atoms with Crippen LogP contribution in [0.2, 0.25) is 21.1 Å². The highest BCUT2D eigenvalue weighted by atomic mass is 27.2. The average molecular weight is 241 g/mol. The fourth-order valence-electron chi connectivity index (χ4n) is 4.25. The first kappa shape index (κ1) is 16.5. The van der Waals surface area contributed by atoms with Crippen LogP contribution in [0.5, 0.6) is 0 Å². The van der Waals surface area contributed by atoms with Gasteiger partial charge in [0, 0.05) is 0 Å². The molecule has 0 bridgehead atoms. The molecule has 0 nitrogen and oxygen atoms in total. The summed E-state index contributed by atoms with van der Waals surface area (Å²) in [4.78, 5) is 0. The average Bonchev–Trinajstić information content (AvgIpc) is 1.98. The standard InChI is InChI=1S/3C4H9.C3H7.Al/c3*1-4(2)3;1-3-2;/h3*4H,1H2,2-3H3;1,3H2,2H3;/q;;;;-1. The van der Waals surface area contributed by atoms with Crippen molar-refractivity contribution in [1.82, 2.24) is 0 Å². The predicted molar refractivity (Wildman–Crippen MR) is 79.8 cm³/mol. The fraction of sp³-hybridized carbons (Fsp3) is 1.00. The van der Waals surface area contributed by atoms with Crippen LogP contribution in [0.4, 0.5) is 0 Å². The lowest BCUT2D eigenvalue weighted by Gasteiger charge is -2.41. The van der Waals surface area contributed by atoms with Gasteiger partial charge in [0.2, 0.25) is 0 Å². The topological polar surface area (TPSA) is 0 Å². The Bertz CT molecular complexity index is 144. The molecule has 16 heavy (non-hydrogen) atoms. The molecule has 0 aliphatic heterocycles. The minimum absolute atomic E-state index is 0.911. The molecule has 98 valence electrons. The van der Waals surface area contributed by atoms with Crippen LogP contribution < -0.4 is 0 Å². The van der Waals surface area contributed by atoms with Crippen molar-refractivity contribution >= 4 is 13.1 Å². The molecule has 0 N–H and O–H groups in total. The predicted octanol–water partition coefficient (Wildman–Crippen LogP) is 5.81. The Morgan fingerprint density at radius 1 is 0.688 bits per heavy atom. The van der Waals surface area contributed by atoms with Gasteiger partial charge < -0.3 is 0 Å². The number of hydrogen-bond donors (Lipinski definition) is 0. The van der Waals surface area contributed by atoms with Crippen molar-refractivity contribution in [3.63, 3.8) is 0 Å². The maximum Gasteiger partial charge on any atom is 0.135 e. The maximum atomic E-state index is 2.42. The Kier molecular flexibility index (Phi) is 8.04. The van der Waals surface area contributed by atoms with Crippen LogP contribution >= 0.6 is 0 Å². The van der Waals surface area contributed by atoms with Crippen molar-refractivity contribution in [1.29, 1.82) is 0 Å². The lowest BCUT2D eigenvalue weighted by atomic mass is 10.2. The summed E-state index contributed by atoms with van der Waals surface area (Å²) >= 11 is -1.30. The summed E-state index contributed by atoms with van der Waals surface area (Å²) in [6, 6.07) is 0. The molecule has 0 saturated heterocycles. The van der Waals surface area contributed by atoms with Crippen molar-refractivity contribution in [3.05, 3.63) is 0 Å². The van der Waals surface area contributed by atoms with Crippen LogP contribution in [0.25, 0.3) is 0 Å². The largest absolute Gasteiger partial charge is 0.192 e. The van der Waals surface area contributed by atoms with Gasteiger partial charge in [0.1, 0.15) is 13.1 Å². The highest BCUT2D eigenvalue weighted by molar-refractivity contribution is 6.80. The zero-order chi connectivity index (χ0) is 12.8. The molecule has 0 aliphatic carbocycles. The third-order valence-corrected chi connectivity index (χ3v) is 11.4. The molecule has 0 fully saturated rings. The molecule has 0 radical (unpaired) electrons. The molecule has 0 aromatic carbocycles. The van der Waals surface area contributed by atoms with Crippen LogP contribution in [0.1, 0.15) is 54.9 Å². The van der Waals surface area contributed by atoms with E-state index in [0.29, 0.717) is 0 Å². The van der Waals surface area contributed by atoms with Gasteiger partial charge in [-0.25, -0.2) is 0 Å². The quantitative estimate of drug-likeness (QED) is 0.470. The summed E-state index contributed by atoms with van der Waals surface area (Å²) in [5.41, 5.74) is 0. The molecule has 0 aromatic rings. The Labute approximate surface area is 107 Å². The number of rotatable bonds is 8. The van der Waals surface area contributed by atoms with Crippen molar-refractivity contribution in [2.75, 3.05) is 0 Å².